The summed E-state index contributed by atoms with van der Waals surface area (Å²) in [5, 5.41) is 0. The van der Waals surface area contributed by atoms with Crippen molar-refractivity contribution in [3.8, 4) is 0 Å². The van der Waals surface area contributed by atoms with Crippen LogP contribution in [0.2, 0.25) is 0 Å². The molecule has 0 spiro atoms. The SMILES string of the molecule is C=N/C(=C(\C=C1\C=CC1CC)c1ccncc1)c1ccc(C)cc1.CC. The Bertz CT molecular complexity index is 809. The van der Waals surface area contributed by atoms with Crippen LogP contribution in [-0.2, 0) is 0 Å². The standard InChI is InChI=1S/C22H22N2.C2H6/c1-4-17-9-10-20(17)15-21(18-11-13-24-14-12-18)22(23-3)19-7-5-16(2)6-8-19;1-2/h5-15,17H,3-4H2,1-2H3;1-2H3/b20-15-,22-21+;. The maximum Gasteiger partial charge on any atom is 0.0773 e. The fraction of sp³-hybridized carbons (Fsp3) is 0.250. The fourth-order valence-electron chi connectivity index (χ4n) is 2.90. The number of rotatable bonds is 5. The molecule has 0 N–H and O–H groups in total. The first kappa shape index (κ1) is 19.6. The molecule has 1 unspecified atom stereocenters. The monoisotopic (exact) mass is 344 g/mol. The minimum atomic E-state index is 0.533. The molecule has 2 heteroatoms. The van der Waals surface area contributed by atoms with Crippen molar-refractivity contribution in [1.29, 1.82) is 0 Å². The van der Waals surface area contributed by atoms with Crippen LogP contribution in [0.25, 0.3) is 11.3 Å². The first-order chi connectivity index (χ1) is 12.7. The quantitative estimate of drug-likeness (QED) is 0.568. The molecule has 1 aliphatic rings. The molecule has 0 amide bonds. The van der Waals surface area contributed by atoms with Gasteiger partial charge in [0, 0.05) is 29.4 Å². The summed E-state index contributed by atoms with van der Waals surface area (Å²) in [6.45, 7) is 12.1. The zero-order valence-electron chi connectivity index (χ0n) is 16.2. The molecule has 0 bridgehead atoms. The lowest BCUT2D eigenvalue weighted by molar-refractivity contribution is 0.707. The van der Waals surface area contributed by atoms with Crippen LogP contribution in [0, 0.1) is 12.8 Å². The molecule has 2 nitrogen and oxygen atoms in total. The molecule has 0 saturated heterocycles. The van der Waals surface area contributed by atoms with Gasteiger partial charge in [0.25, 0.3) is 0 Å². The van der Waals surface area contributed by atoms with Crippen LogP contribution in [0.4, 0.5) is 0 Å². The summed E-state index contributed by atoms with van der Waals surface area (Å²) in [6, 6.07) is 12.5. The Morgan fingerprint density at radius 1 is 1.08 bits per heavy atom. The van der Waals surface area contributed by atoms with E-state index in [1.54, 1.807) is 0 Å². The number of benzene rings is 1. The summed E-state index contributed by atoms with van der Waals surface area (Å²) < 4.78 is 0. The number of aliphatic imine (C=N–C) groups is 1. The molecule has 1 aromatic heterocycles. The van der Waals surface area contributed by atoms with E-state index in [9.17, 15) is 0 Å². The average Bonchev–Trinajstić information content (AvgIpc) is 2.68. The van der Waals surface area contributed by atoms with E-state index in [1.807, 2.05) is 38.4 Å². The zero-order valence-corrected chi connectivity index (χ0v) is 16.2. The second-order valence-corrected chi connectivity index (χ2v) is 6.04. The van der Waals surface area contributed by atoms with Crippen LogP contribution in [0.3, 0.4) is 0 Å². The van der Waals surface area contributed by atoms with Crippen molar-refractivity contribution in [3.63, 3.8) is 0 Å². The normalized spacial score (nSPS) is 17.7. The van der Waals surface area contributed by atoms with Gasteiger partial charge < -0.3 is 0 Å². The highest BCUT2D eigenvalue weighted by atomic mass is 14.7. The molecular formula is C24H28N2. The lowest BCUT2D eigenvalue weighted by atomic mass is 9.84. The van der Waals surface area contributed by atoms with Crippen LogP contribution >= 0.6 is 0 Å². The first-order valence-corrected chi connectivity index (χ1v) is 9.31. The van der Waals surface area contributed by atoms with Crippen LogP contribution in [0.15, 0.2) is 77.6 Å². The summed E-state index contributed by atoms with van der Waals surface area (Å²) in [5.74, 6) is 0.533. The van der Waals surface area contributed by atoms with E-state index < -0.39 is 0 Å². The molecule has 1 atom stereocenters. The molecule has 0 aliphatic heterocycles. The minimum absolute atomic E-state index is 0.533. The Labute approximate surface area is 157 Å². The van der Waals surface area contributed by atoms with Gasteiger partial charge in [0.15, 0.2) is 0 Å². The van der Waals surface area contributed by atoms with Crippen LogP contribution < -0.4 is 0 Å². The van der Waals surface area contributed by atoms with Crippen molar-refractivity contribution in [1.82, 2.24) is 4.98 Å². The van der Waals surface area contributed by atoms with E-state index in [1.165, 1.54) is 11.1 Å². The highest BCUT2D eigenvalue weighted by Crippen LogP contribution is 2.34. The maximum absolute atomic E-state index is 4.37. The third kappa shape index (κ3) is 4.45. The number of nitrogens with zero attached hydrogens (tertiary/aromatic N) is 2. The number of allylic oxidation sites excluding steroid dienone is 5. The number of aromatic nitrogens is 1. The second kappa shape index (κ2) is 9.67. The summed E-state index contributed by atoms with van der Waals surface area (Å²) >= 11 is 0. The predicted octanol–water partition coefficient (Wildman–Crippen LogP) is 6.51. The van der Waals surface area contributed by atoms with E-state index in [0.29, 0.717) is 5.92 Å². The van der Waals surface area contributed by atoms with Crippen molar-refractivity contribution in [2.45, 2.75) is 34.1 Å². The third-order valence-corrected chi connectivity index (χ3v) is 4.43. The van der Waals surface area contributed by atoms with E-state index in [2.05, 4.69) is 73.0 Å². The predicted molar refractivity (Wildman–Crippen MR) is 114 cm³/mol. The second-order valence-electron chi connectivity index (χ2n) is 6.04. The molecular weight excluding hydrogens is 316 g/mol. The van der Waals surface area contributed by atoms with E-state index >= 15 is 0 Å². The first-order valence-electron chi connectivity index (χ1n) is 9.31. The Kier molecular flexibility index (Phi) is 7.28. The van der Waals surface area contributed by atoms with Gasteiger partial charge in [-0.2, -0.15) is 0 Å². The molecule has 0 radical (unpaired) electrons. The van der Waals surface area contributed by atoms with E-state index in [4.69, 9.17) is 0 Å². The van der Waals surface area contributed by atoms with Gasteiger partial charge in [0.05, 0.1) is 5.70 Å². The van der Waals surface area contributed by atoms with Gasteiger partial charge in [0.1, 0.15) is 0 Å². The van der Waals surface area contributed by atoms with Crippen molar-refractivity contribution >= 4 is 18.0 Å². The molecule has 0 saturated carbocycles. The molecule has 134 valence electrons. The molecule has 1 aliphatic carbocycles. The van der Waals surface area contributed by atoms with Gasteiger partial charge in [-0.05, 0) is 49.4 Å². The van der Waals surface area contributed by atoms with Crippen molar-refractivity contribution in [3.05, 3.63) is 89.3 Å². The largest absolute Gasteiger partial charge is 0.265 e. The number of hydrogen-bond donors (Lipinski definition) is 0. The Morgan fingerprint density at radius 3 is 2.23 bits per heavy atom. The zero-order chi connectivity index (χ0) is 18.9. The lowest BCUT2D eigenvalue weighted by Gasteiger charge is -2.22. The minimum Gasteiger partial charge on any atom is -0.265 e. The van der Waals surface area contributed by atoms with Crippen LogP contribution in [0.5, 0.6) is 0 Å². The summed E-state index contributed by atoms with van der Waals surface area (Å²) in [5.41, 5.74) is 6.76. The van der Waals surface area contributed by atoms with E-state index in [-0.39, 0.29) is 0 Å². The molecule has 0 fully saturated rings. The smallest absolute Gasteiger partial charge is 0.0773 e. The van der Waals surface area contributed by atoms with Crippen molar-refractivity contribution < 1.29 is 0 Å². The Hall–Kier alpha value is -2.74. The number of hydrogen-bond acceptors (Lipinski definition) is 2. The highest BCUT2D eigenvalue weighted by molar-refractivity contribution is 5.96. The number of pyridine rings is 1. The highest BCUT2D eigenvalue weighted by Gasteiger charge is 2.17. The molecule has 1 heterocycles. The van der Waals surface area contributed by atoms with Gasteiger partial charge in [-0.3, -0.25) is 9.98 Å². The van der Waals surface area contributed by atoms with Gasteiger partial charge in [-0.25, -0.2) is 0 Å². The van der Waals surface area contributed by atoms with Gasteiger partial charge in [0.2, 0.25) is 0 Å². The van der Waals surface area contributed by atoms with Crippen LogP contribution in [0.1, 0.15) is 43.9 Å². The fourth-order valence-corrected chi connectivity index (χ4v) is 2.90. The third-order valence-electron chi connectivity index (χ3n) is 4.43. The topological polar surface area (TPSA) is 25.2 Å². The summed E-state index contributed by atoms with van der Waals surface area (Å²) in [7, 11) is 0. The maximum atomic E-state index is 4.37. The van der Waals surface area contributed by atoms with Crippen LogP contribution in [-0.4, -0.2) is 11.7 Å². The van der Waals surface area contributed by atoms with Gasteiger partial charge in [-0.15, -0.1) is 0 Å². The summed E-state index contributed by atoms with van der Waals surface area (Å²) in [4.78, 5) is 8.51. The number of aryl methyl sites for hydroxylation is 1. The molecule has 1 aromatic carbocycles. The molecule has 2 aromatic rings. The lowest BCUT2D eigenvalue weighted by Crippen LogP contribution is -2.06. The average molecular weight is 345 g/mol. The van der Waals surface area contributed by atoms with E-state index in [0.717, 1.165) is 28.8 Å². The Morgan fingerprint density at radius 2 is 1.73 bits per heavy atom. The van der Waals surface area contributed by atoms with Crippen molar-refractivity contribution in [2.75, 3.05) is 0 Å². The summed E-state index contributed by atoms with van der Waals surface area (Å²) in [6.07, 6.45) is 11.4. The van der Waals surface area contributed by atoms with Gasteiger partial charge >= 0.3 is 0 Å². The molecule has 26 heavy (non-hydrogen) atoms. The van der Waals surface area contributed by atoms with Crippen molar-refractivity contribution in [2.24, 2.45) is 10.9 Å². The molecule has 3 rings (SSSR count). The Balaban J connectivity index is 0.00000117. The van der Waals surface area contributed by atoms with Gasteiger partial charge in [-0.1, -0.05) is 62.8 Å².